The maximum Gasteiger partial charge on any atom is 0.322 e. The Balaban J connectivity index is 2.50. The highest BCUT2D eigenvalue weighted by molar-refractivity contribution is 7.91. The van der Waals surface area contributed by atoms with Crippen LogP contribution in [0.1, 0.15) is 19.8 Å². The van der Waals surface area contributed by atoms with Gasteiger partial charge in [0.05, 0.1) is 11.5 Å². The SMILES string of the molecule is CCCNC(CN1CCCS(=O)(=O)CC1)C(=O)O. The summed E-state index contributed by atoms with van der Waals surface area (Å²) in [7, 11) is -2.93. The fourth-order valence-corrected chi connectivity index (χ4v) is 3.29. The van der Waals surface area contributed by atoms with E-state index in [1.165, 1.54) is 0 Å². The standard InChI is InChI=1S/C11H22N2O4S/c1-2-4-12-10(11(14)15)9-13-5-3-7-18(16,17)8-6-13/h10,12H,2-9H2,1H3,(H,14,15). The van der Waals surface area contributed by atoms with E-state index in [9.17, 15) is 13.2 Å². The van der Waals surface area contributed by atoms with Gasteiger partial charge in [0.2, 0.25) is 0 Å². The second-order valence-electron chi connectivity index (χ2n) is 4.65. The van der Waals surface area contributed by atoms with Crippen molar-refractivity contribution in [1.82, 2.24) is 10.2 Å². The van der Waals surface area contributed by atoms with Crippen molar-refractivity contribution >= 4 is 15.8 Å². The van der Waals surface area contributed by atoms with Crippen LogP contribution in [0.4, 0.5) is 0 Å². The smallest absolute Gasteiger partial charge is 0.322 e. The van der Waals surface area contributed by atoms with Crippen molar-refractivity contribution in [1.29, 1.82) is 0 Å². The van der Waals surface area contributed by atoms with Gasteiger partial charge in [-0.25, -0.2) is 8.42 Å². The van der Waals surface area contributed by atoms with Crippen LogP contribution in [-0.4, -0.2) is 68.1 Å². The van der Waals surface area contributed by atoms with Crippen LogP contribution in [0.5, 0.6) is 0 Å². The van der Waals surface area contributed by atoms with E-state index in [1.54, 1.807) is 0 Å². The Morgan fingerprint density at radius 2 is 2.11 bits per heavy atom. The summed E-state index contributed by atoms with van der Waals surface area (Å²) in [5, 5.41) is 12.1. The Hall–Kier alpha value is -0.660. The first-order valence-electron chi connectivity index (χ1n) is 6.33. The molecular formula is C11H22N2O4S. The van der Waals surface area contributed by atoms with Crippen molar-refractivity contribution in [3.8, 4) is 0 Å². The van der Waals surface area contributed by atoms with Crippen molar-refractivity contribution in [2.24, 2.45) is 0 Å². The van der Waals surface area contributed by atoms with Gasteiger partial charge in [-0.3, -0.25) is 4.79 Å². The zero-order valence-corrected chi connectivity index (χ0v) is 11.6. The molecule has 6 nitrogen and oxygen atoms in total. The summed E-state index contributed by atoms with van der Waals surface area (Å²) in [5.41, 5.74) is 0. The summed E-state index contributed by atoms with van der Waals surface area (Å²) >= 11 is 0. The van der Waals surface area contributed by atoms with Crippen LogP contribution in [0.15, 0.2) is 0 Å². The number of hydrogen-bond donors (Lipinski definition) is 2. The zero-order valence-electron chi connectivity index (χ0n) is 10.8. The van der Waals surface area contributed by atoms with E-state index in [2.05, 4.69) is 5.32 Å². The minimum atomic E-state index is -2.93. The van der Waals surface area contributed by atoms with Crippen molar-refractivity contribution in [2.75, 3.05) is 37.7 Å². The van der Waals surface area contributed by atoms with E-state index >= 15 is 0 Å². The van der Waals surface area contributed by atoms with Crippen molar-refractivity contribution < 1.29 is 18.3 Å². The molecule has 106 valence electrons. The molecule has 0 bridgehead atoms. The maximum atomic E-state index is 11.4. The topological polar surface area (TPSA) is 86.7 Å². The van der Waals surface area contributed by atoms with Crippen LogP contribution in [0, 0.1) is 0 Å². The van der Waals surface area contributed by atoms with Crippen LogP contribution >= 0.6 is 0 Å². The summed E-state index contributed by atoms with van der Waals surface area (Å²) in [6.07, 6.45) is 1.46. The molecule has 0 spiro atoms. The highest BCUT2D eigenvalue weighted by Crippen LogP contribution is 2.05. The molecule has 1 heterocycles. The minimum Gasteiger partial charge on any atom is -0.480 e. The molecule has 0 aliphatic carbocycles. The molecule has 18 heavy (non-hydrogen) atoms. The molecule has 1 rings (SSSR count). The van der Waals surface area contributed by atoms with Crippen molar-refractivity contribution in [3.63, 3.8) is 0 Å². The predicted octanol–water partition coefficient (Wildman–Crippen LogP) is -0.440. The minimum absolute atomic E-state index is 0.132. The molecule has 0 aromatic carbocycles. The summed E-state index contributed by atoms with van der Waals surface area (Å²) in [6, 6.07) is -0.620. The predicted molar refractivity (Wildman–Crippen MR) is 69.4 cm³/mol. The molecule has 1 saturated heterocycles. The molecule has 2 N–H and O–H groups in total. The quantitative estimate of drug-likeness (QED) is 0.685. The fraction of sp³-hybridized carbons (Fsp3) is 0.909. The first kappa shape index (κ1) is 15.4. The molecule has 1 atom stereocenters. The van der Waals surface area contributed by atoms with E-state index in [0.717, 1.165) is 6.42 Å². The van der Waals surface area contributed by atoms with Gasteiger partial charge in [0, 0.05) is 13.1 Å². The Morgan fingerprint density at radius 1 is 1.39 bits per heavy atom. The van der Waals surface area contributed by atoms with Gasteiger partial charge in [-0.05, 0) is 25.9 Å². The van der Waals surface area contributed by atoms with E-state index in [-0.39, 0.29) is 11.5 Å². The van der Waals surface area contributed by atoms with Gasteiger partial charge in [0.25, 0.3) is 0 Å². The van der Waals surface area contributed by atoms with Crippen molar-refractivity contribution in [2.45, 2.75) is 25.8 Å². The number of nitrogens with zero attached hydrogens (tertiary/aromatic N) is 1. The number of sulfone groups is 1. The number of hydrogen-bond acceptors (Lipinski definition) is 5. The molecule has 7 heteroatoms. The van der Waals surface area contributed by atoms with Gasteiger partial charge in [0.15, 0.2) is 9.84 Å². The van der Waals surface area contributed by atoms with Gasteiger partial charge in [-0.1, -0.05) is 6.92 Å². The highest BCUT2D eigenvalue weighted by Gasteiger charge is 2.24. The Labute approximate surface area is 108 Å². The fourth-order valence-electron chi connectivity index (χ4n) is 1.98. The summed E-state index contributed by atoms with van der Waals surface area (Å²) in [5.74, 6) is -0.535. The van der Waals surface area contributed by atoms with Gasteiger partial charge in [-0.2, -0.15) is 0 Å². The zero-order chi connectivity index (χ0) is 13.6. The first-order valence-corrected chi connectivity index (χ1v) is 8.15. The third kappa shape index (κ3) is 5.32. The van der Waals surface area contributed by atoms with Crippen LogP contribution in [-0.2, 0) is 14.6 Å². The lowest BCUT2D eigenvalue weighted by Crippen LogP contribution is -2.47. The Morgan fingerprint density at radius 3 is 2.72 bits per heavy atom. The average Bonchev–Trinajstić information content (AvgIpc) is 2.45. The molecule has 1 aliphatic heterocycles. The maximum absolute atomic E-state index is 11.4. The number of carbonyl (C=O) groups is 1. The molecule has 0 amide bonds. The van der Waals surface area contributed by atoms with E-state index in [0.29, 0.717) is 32.6 Å². The van der Waals surface area contributed by atoms with Crippen LogP contribution < -0.4 is 5.32 Å². The summed E-state index contributed by atoms with van der Waals surface area (Å²) in [6.45, 7) is 4.08. The monoisotopic (exact) mass is 278 g/mol. The summed E-state index contributed by atoms with van der Waals surface area (Å²) in [4.78, 5) is 13.0. The molecule has 1 unspecified atom stereocenters. The molecule has 1 aliphatic rings. The molecular weight excluding hydrogens is 256 g/mol. The third-order valence-corrected chi connectivity index (χ3v) is 4.74. The highest BCUT2D eigenvalue weighted by atomic mass is 32.2. The first-order chi connectivity index (χ1) is 8.44. The second-order valence-corrected chi connectivity index (χ2v) is 6.95. The molecule has 1 fully saturated rings. The lowest BCUT2D eigenvalue weighted by molar-refractivity contribution is -0.140. The van der Waals surface area contributed by atoms with Gasteiger partial charge < -0.3 is 15.3 Å². The van der Waals surface area contributed by atoms with Crippen molar-refractivity contribution in [3.05, 3.63) is 0 Å². The summed E-state index contributed by atoms with van der Waals surface area (Å²) < 4.78 is 22.9. The number of carboxylic acid groups (broad SMARTS) is 1. The van der Waals surface area contributed by atoms with Crippen LogP contribution in [0.3, 0.4) is 0 Å². The largest absolute Gasteiger partial charge is 0.480 e. The average molecular weight is 278 g/mol. The van der Waals surface area contributed by atoms with E-state index < -0.39 is 21.8 Å². The molecule has 0 aromatic heterocycles. The van der Waals surface area contributed by atoms with Gasteiger partial charge in [0.1, 0.15) is 6.04 Å². The van der Waals surface area contributed by atoms with E-state index in [1.807, 2.05) is 11.8 Å². The number of carboxylic acids is 1. The molecule has 0 aromatic rings. The van der Waals surface area contributed by atoms with Crippen LogP contribution in [0.2, 0.25) is 0 Å². The lowest BCUT2D eigenvalue weighted by Gasteiger charge is -2.24. The molecule has 0 radical (unpaired) electrons. The molecule has 0 saturated carbocycles. The lowest BCUT2D eigenvalue weighted by atomic mass is 10.2. The normalized spacial score (nSPS) is 22.3. The number of rotatable bonds is 6. The number of aliphatic carboxylic acids is 1. The third-order valence-electron chi connectivity index (χ3n) is 3.03. The Bertz CT molecular complexity index is 369. The second kappa shape index (κ2) is 7.06. The van der Waals surface area contributed by atoms with Crippen LogP contribution in [0.25, 0.3) is 0 Å². The van der Waals surface area contributed by atoms with Gasteiger partial charge in [-0.15, -0.1) is 0 Å². The Kier molecular flexibility index (Phi) is 6.04. The van der Waals surface area contributed by atoms with E-state index in [4.69, 9.17) is 5.11 Å². The van der Waals surface area contributed by atoms with Gasteiger partial charge >= 0.3 is 5.97 Å². The number of nitrogens with one attached hydrogen (secondary N) is 1.